The van der Waals surface area contributed by atoms with E-state index in [-0.39, 0.29) is 5.78 Å². The summed E-state index contributed by atoms with van der Waals surface area (Å²) in [5.41, 5.74) is 1.24. The lowest BCUT2D eigenvalue weighted by atomic mass is 10.0. The van der Waals surface area contributed by atoms with Crippen LogP contribution >= 0.6 is 15.9 Å². The van der Waals surface area contributed by atoms with Gasteiger partial charge in [0.15, 0.2) is 0 Å². The maximum atomic E-state index is 11.0. The van der Waals surface area contributed by atoms with Gasteiger partial charge in [-0.25, -0.2) is 0 Å². The molecule has 0 fully saturated rings. The number of Topliss-reactive ketones (excluding diaryl/α,β-unsaturated/α-hetero) is 1. The van der Waals surface area contributed by atoms with Crippen molar-refractivity contribution in [2.24, 2.45) is 0 Å². The predicted molar refractivity (Wildman–Crippen MR) is 70.7 cm³/mol. The van der Waals surface area contributed by atoms with Crippen molar-refractivity contribution in [1.82, 2.24) is 0 Å². The number of carbonyl (C=O) groups excluding carboxylic acids is 1. The molecule has 0 unspecified atom stereocenters. The minimum atomic E-state index is 0.240. The van der Waals surface area contributed by atoms with Crippen molar-refractivity contribution in [3.05, 3.63) is 46.4 Å². The average molecular weight is 277 g/mol. The molecule has 82 valence electrons. The van der Waals surface area contributed by atoms with Crippen molar-refractivity contribution >= 4 is 32.5 Å². The Labute approximate surface area is 104 Å². The summed E-state index contributed by atoms with van der Waals surface area (Å²) in [4.78, 5) is 11.0. The number of hydrogen-bond donors (Lipinski definition) is 0. The van der Waals surface area contributed by atoms with Gasteiger partial charge in [-0.3, -0.25) is 0 Å². The van der Waals surface area contributed by atoms with Crippen LogP contribution in [0.1, 0.15) is 18.9 Å². The summed E-state index contributed by atoms with van der Waals surface area (Å²) in [7, 11) is 0. The molecule has 2 heteroatoms. The quantitative estimate of drug-likeness (QED) is 0.824. The molecule has 0 bridgehead atoms. The Morgan fingerprint density at radius 2 is 1.88 bits per heavy atom. The van der Waals surface area contributed by atoms with E-state index in [0.29, 0.717) is 6.42 Å². The Morgan fingerprint density at radius 3 is 2.56 bits per heavy atom. The molecular formula is C14H13BrO. The first-order valence-electron chi connectivity index (χ1n) is 5.34. The highest BCUT2D eigenvalue weighted by molar-refractivity contribution is 9.10. The van der Waals surface area contributed by atoms with Crippen LogP contribution in [0, 0.1) is 0 Å². The minimum absolute atomic E-state index is 0.240. The van der Waals surface area contributed by atoms with E-state index in [1.165, 1.54) is 16.3 Å². The second-order valence-electron chi connectivity index (χ2n) is 3.96. The summed E-state index contributed by atoms with van der Waals surface area (Å²) in [6, 6.07) is 12.4. The highest BCUT2D eigenvalue weighted by atomic mass is 79.9. The second-order valence-corrected chi connectivity index (χ2v) is 4.81. The normalized spacial score (nSPS) is 10.6. The van der Waals surface area contributed by atoms with Crippen molar-refractivity contribution in [2.75, 3.05) is 0 Å². The van der Waals surface area contributed by atoms with Gasteiger partial charge in [0, 0.05) is 10.9 Å². The van der Waals surface area contributed by atoms with E-state index in [1.807, 2.05) is 18.2 Å². The maximum Gasteiger partial charge on any atom is 0.130 e. The van der Waals surface area contributed by atoms with Gasteiger partial charge in [-0.05, 0) is 35.7 Å². The predicted octanol–water partition coefficient (Wildman–Crippen LogP) is 4.12. The molecule has 0 aliphatic rings. The minimum Gasteiger partial charge on any atom is -0.300 e. The van der Waals surface area contributed by atoms with Gasteiger partial charge >= 0.3 is 0 Å². The SMILES string of the molecule is CC(=O)CCc1cccc2cccc(Br)c12. The first kappa shape index (κ1) is 11.3. The van der Waals surface area contributed by atoms with Gasteiger partial charge in [0.2, 0.25) is 0 Å². The maximum absolute atomic E-state index is 11.0. The molecular weight excluding hydrogens is 264 g/mol. The van der Waals surface area contributed by atoms with Gasteiger partial charge in [0.1, 0.15) is 5.78 Å². The summed E-state index contributed by atoms with van der Waals surface area (Å²) >= 11 is 3.57. The van der Waals surface area contributed by atoms with Gasteiger partial charge in [-0.2, -0.15) is 0 Å². The summed E-state index contributed by atoms with van der Waals surface area (Å²) in [5.74, 6) is 0.240. The van der Waals surface area contributed by atoms with Crippen molar-refractivity contribution in [2.45, 2.75) is 19.8 Å². The van der Waals surface area contributed by atoms with Gasteiger partial charge in [0.25, 0.3) is 0 Å². The third-order valence-electron chi connectivity index (χ3n) is 2.69. The number of carbonyl (C=O) groups is 1. The van der Waals surface area contributed by atoms with Gasteiger partial charge in [-0.1, -0.05) is 46.3 Å². The molecule has 1 nitrogen and oxygen atoms in total. The van der Waals surface area contributed by atoms with Crippen molar-refractivity contribution in [3.63, 3.8) is 0 Å². The molecule has 0 spiro atoms. The van der Waals surface area contributed by atoms with Crippen molar-refractivity contribution < 1.29 is 4.79 Å². The molecule has 0 saturated carbocycles. The Hall–Kier alpha value is -1.15. The van der Waals surface area contributed by atoms with E-state index < -0.39 is 0 Å². The number of benzene rings is 2. The molecule has 0 radical (unpaired) electrons. The first-order chi connectivity index (χ1) is 7.68. The molecule has 0 aliphatic heterocycles. The molecule has 0 aliphatic carbocycles. The van der Waals surface area contributed by atoms with E-state index in [9.17, 15) is 4.79 Å². The molecule has 2 aromatic carbocycles. The van der Waals surface area contributed by atoms with Crippen LogP contribution in [0.15, 0.2) is 40.9 Å². The lowest BCUT2D eigenvalue weighted by Gasteiger charge is -2.07. The molecule has 0 saturated heterocycles. The lowest BCUT2D eigenvalue weighted by molar-refractivity contribution is -0.116. The molecule has 0 atom stereocenters. The zero-order valence-corrected chi connectivity index (χ0v) is 10.8. The zero-order chi connectivity index (χ0) is 11.5. The number of aryl methyl sites for hydroxylation is 1. The van der Waals surface area contributed by atoms with Crippen LogP contribution in [0.25, 0.3) is 10.8 Å². The Balaban J connectivity index is 2.48. The Morgan fingerprint density at radius 1 is 1.19 bits per heavy atom. The highest BCUT2D eigenvalue weighted by Crippen LogP contribution is 2.27. The molecule has 16 heavy (non-hydrogen) atoms. The molecule has 2 rings (SSSR count). The fourth-order valence-corrected chi connectivity index (χ4v) is 2.52. The van der Waals surface area contributed by atoms with Crippen LogP contribution in [0.4, 0.5) is 0 Å². The van der Waals surface area contributed by atoms with E-state index in [0.717, 1.165) is 10.9 Å². The van der Waals surface area contributed by atoms with Crippen molar-refractivity contribution in [1.29, 1.82) is 0 Å². The van der Waals surface area contributed by atoms with Crippen LogP contribution in [0.3, 0.4) is 0 Å². The van der Waals surface area contributed by atoms with E-state index >= 15 is 0 Å². The number of halogens is 1. The monoisotopic (exact) mass is 276 g/mol. The number of fused-ring (bicyclic) bond motifs is 1. The lowest BCUT2D eigenvalue weighted by Crippen LogP contribution is -1.95. The van der Waals surface area contributed by atoms with Crippen LogP contribution < -0.4 is 0 Å². The van der Waals surface area contributed by atoms with E-state index in [4.69, 9.17) is 0 Å². The van der Waals surface area contributed by atoms with Crippen molar-refractivity contribution in [3.8, 4) is 0 Å². The third kappa shape index (κ3) is 2.33. The molecule has 2 aromatic rings. The first-order valence-corrected chi connectivity index (χ1v) is 6.13. The summed E-state index contributed by atoms with van der Waals surface area (Å²) in [6.07, 6.45) is 1.43. The smallest absolute Gasteiger partial charge is 0.130 e. The number of hydrogen-bond acceptors (Lipinski definition) is 1. The third-order valence-corrected chi connectivity index (χ3v) is 3.35. The van der Waals surface area contributed by atoms with E-state index in [2.05, 4.69) is 34.1 Å². The molecule has 0 heterocycles. The Kier molecular flexibility index (Phi) is 3.39. The van der Waals surface area contributed by atoms with E-state index in [1.54, 1.807) is 6.92 Å². The van der Waals surface area contributed by atoms with Gasteiger partial charge in [0.05, 0.1) is 0 Å². The van der Waals surface area contributed by atoms with Crippen LogP contribution in [-0.4, -0.2) is 5.78 Å². The largest absolute Gasteiger partial charge is 0.300 e. The topological polar surface area (TPSA) is 17.1 Å². The van der Waals surface area contributed by atoms with Crippen LogP contribution in [0.2, 0.25) is 0 Å². The summed E-state index contributed by atoms with van der Waals surface area (Å²) < 4.78 is 1.10. The number of rotatable bonds is 3. The standard InChI is InChI=1S/C14H13BrO/c1-10(16)8-9-12-5-2-4-11-6-3-7-13(15)14(11)12/h2-7H,8-9H2,1H3. The summed E-state index contributed by atoms with van der Waals surface area (Å²) in [6.45, 7) is 1.64. The molecule has 0 aromatic heterocycles. The molecule has 0 N–H and O–H groups in total. The average Bonchev–Trinajstić information content (AvgIpc) is 2.26. The number of ketones is 1. The Bertz CT molecular complexity index is 526. The summed E-state index contributed by atoms with van der Waals surface area (Å²) in [5, 5.41) is 2.45. The second kappa shape index (κ2) is 4.79. The van der Waals surface area contributed by atoms with Gasteiger partial charge in [-0.15, -0.1) is 0 Å². The highest BCUT2D eigenvalue weighted by Gasteiger charge is 2.05. The van der Waals surface area contributed by atoms with Crippen LogP contribution in [0.5, 0.6) is 0 Å². The fraction of sp³-hybridized carbons (Fsp3) is 0.214. The van der Waals surface area contributed by atoms with Crippen LogP contribution in [-0.2, 0) is 11.2 Å². The van der Waals surface area contributed by atoms with Gasteiger partial charge < -0.3 is 4.79 Å². The zero-order valence-electron chi connectivity index (χ0n) is 9.16. The fourth-order valence-electron chi connectivity index (χ4n) is 1.89. The molecule has 0 amide bonds.